The Hall–Kier alpha value is -1.82. The van der Waals surface area contributed by atoms with Crippen molar-refractivity contribution in [2.45, 2.75) is 27.2 Å². The van der Waals surface area contributed by atoms with Crippen molar-refractivity contribution in [2.75, 3.05) is 0 Å². The summed E-state index contributed by atoms with van der Waals surface area (Å²) in [5, 5.41) is 0. The van der Waals surface area contributed by atoms with E-state index in [4.69, 9.17) is 0 Å². The second kappa shape index (κ2) is 4.38. The lowest BCUT2D eigenvalue weighted by molar-refractivity contribution is 0.941. The highest BCUT2D eigenvalue weighted by Gasteiger charge is 2.22. The molecule has 0 saturated carbocycles. The van der Waals surface area contributed by atoms with Crippen molar-refractivity contribution in [2.24, 2.45) is 5.92 Å². The molecule has 0 bridgehead atoms. The molecule has 0 aliphatic heterocycles. The van der Waals surface area contributed by atoms with Gasteiger partial charge in [0.15, 0.2) is 0 Å². The van der Waals surface area contributed by atoms with Crippen LogP contribution in [0, 0.1) is 19.8 Å². The van der Waals surface area contributed by atoms with E-state index in [1.165, 1.54) is 39.0 Å². The van der Waals surface area contributed by atoms with E-state index in [0.29, 0.717) is 5.92 Å². The van der Waals surface area contributed by atoms with Crippen LogP contribution in [0.2, 0.25) is 0 Å². The molecule has 0 aromatic heterocycles. The van der Waals surface area contributed by atoms with Gasteiger partial charge in [0.2, 0.25) is 0 Å². The van der Waals surface area contributed by atoms with Crippen LogP contribution >= 0.6 is 0 Å². The average molecular weight is 248 g/mol. The first-order valence-electron chi connectivity index (χ1n) is 6.96. The quantitative estimate of drug-likeness (QED) is 0.610. The fourth-order valence-electron chi connectivity index (χ4n) is 3.07. The molecule has 2 aliphatic carbocycles. The Kier molecular flexibility index (Phi) is 2.82. The number of aryl methyl sites for hydroxylation is 2. The molecular formula is C19H20. The highest BCUT2D eigenvalue weighted by Crippen LogP contribution is 2.39. The topological polar surface area (TPSA) is 0 Å². The highest BCUT2D eigenvalue weighted by atomic mass is 14.3. The zero-order valence-electron chi connectivity index (χ0n) is 12.0. The zero-order chi connectivity index (χ0) is 13.6. The molecule has 1 aromatic rings. The summed E-state index contributed by atoms with van der Waals surface area (Å²) in [7, 11) is 0. The fraction of sp³-hybridized carbons (Fsp3) is 0.263. The van der Waals surface area contributed by atoms with Crippen LogP contribution in [0.3, 0.4) is 0 Å². The van der Waals surface area contributed by atoms with Crippen molar-refractivity contribution in [1.82, 2.24) is 0 Å². The number of benzene rings is 1. The predicted octanol–water partition coefficient (Wildman–Crippen LogP) is 4.93. The third-order valence-electron chi connectivity index (χ3n) is 4.26. The summed E-state index contributed by atoms with van der Waals surface area (Å²) in [5.41, 5.74) is 9.46. The molecule has 1 aromatic carbocycles. The van der Waals surface area contributed by atoms with E-state index in [0.717, 1.165) is 6.42 Å². The largest absolute Gasteiger partial charge is 0.0905 e. The summed E-state index contributed by atoms with van der Waals surface area (Å²) < 4.78 is 0. The third kappa shape index (κ3) is 1.92. The minimum atomic E-state index is 0.503. The maximum absolute atomic E-state index is 4.37. The van der Waals surface area contributed by atoms with Gasteiger partial charge >= 0.3 is 0 Å². The normalized spacial score (nSPS) is 21.2. The molecule has 0 spiro atoms. The molecule has 0 heteroatoms. The van der Waals surface area contributed by atoms with Gasteiger partial charge in [-0.25, -0.2) is 0 Å². The minimum absolute atomic E-state index is 0.503. The van der Waals surface area contributed by atoms with Crippen LogP contribution < -0.4 is 0 Å². The van der Waals surface area contributed by atoms with Crippen molar-refractivity contribution in [3.63, 3.8) is 0 Å². The fourth-order valence-corrected chi connectivity index (χ4v) is 3.07. The molecular weight excluding hydrogens is 228 g/mol. The Morgan fingerprint density at radius 2 is 1.74 bits per heavy atom. The third-order valence-corrected chi connectivity index (χ3v) is 4.26. The Balaban J connectivity index is 2.20. The van der Waals surface area contributed by atoms with Crippen LogP contribution in [0.25, 0.3) is 5.57 Å². The lowest BCUT2D eigenvalue weighted by atomic mass is 9.79. The molecule has 1 atom stereocenters. The zero-order valence-corrected chi connectivity index (χ0v) is 12.0. The molecule has 0 heterocycles. The van der Waals surface area contributed by atoms with Crippen molar-refractivity contribution >= 4 is 5.57 Å². The first kappa shape index (κ1) is 12.2. The molecule has 0 fully saturated rings. The lowest BCUT2D eigenvalue weighted by Crippen LogP contribution is -2.09. The first-order valence-corrected chi connectivity index (χ1v) is 6.96. The monoisotopic (exact) mass is 248 g/mol. The summed E-state index contributed by atoms with van der Waals surface area (Å²) in [5.74, 6) is 0.503. The Morgan fingerprint density at radius 1 is 1.05 bits per heavy atom. The average Bonchev–Trinajstić information content (AvgIpc) is 2.57. The van der Waals surface area contributed by atoms with Gasteiger partial charge in [0, 0.05) is 0 Å². The number of rotatable bonds is 0. The Morgan fingerprint density at radius 3 is 2.53 bits per heavy atom. The SMILES string of the molecule is C=C1C2=C(C=CC(C)C=C2)Cc2c(C)ccc(C)c21. The lowest BCUT2D eigenvalue weighted by Gasteiger charge is -2.25. The van der Waals surface area contributed by atoms with E-state index in [9.17, 15) is 0 Å². The van der Waals surface area contributed by atoms with Crippen LogP contribution in [-0.4, -0.2) is 0 Å². The Labute approximate surface area is 115 Å². The van der Waals surface area contributed by atoms with Gasteiger partial charge in [0.05, 0.1) is 0 Å². The maximum Gasteiger partial charge on any atom is -0.00108 e. The molecule has 19 heavy (non-hydrogen) atoms. The summed E-state index contributed by atoms with van der Waals surface area (Å²) in [6.07, 6.45) is 10.1. The van der Waals surface area contributed by atoms with Crippen molar-refractivity contribution in [3.05, 3.63) is 76.4 Å². The predicted molar refractivity (Wildman–Crippen MR) is 83.1 cm³/mol. The minimum Gasteiger partial charge on any atom is -0.0905 e. The number of allylic oxidation sites excluding steroid dienone is 7. The van der Waals surface area contributed by atoms with Gasteiger partial charge in [-0.05, 0) is 65.2 Å². The summed E-state index contributed by atoms with van der Waals surface area (Å²) in [6, 6.07) is 4.44. The summed E-state index contributed by atoms with van der Waals surface area (Å²) >= 11 is 0. The van der Waals surface area contributed by atoms with Gasteiger partial charge in [-0.2, -0.15) is 0 Å². The van der Waals surface area contributed by atoms with Gasteiger partial charge in [-0.15, -0.1) is 0 Å². The molecule has 0 N–H and O–H groups in total. The van der Waals surface area contributed by atoms with Crippen LogP contribution in [-0.2, 0) is 6.42 Å². The number of hydrogen-bond acceptors (Lipinski definition) is 0. The van der Waals surface area contributed by atoms with Crippen molar-refractivity contribution in [3.8, 4) is 0 Å². The van der Waals surface area contributed by atoms with E-state index in [2.05, 4.69) is 63.8 Å². The standard InChI is InChI=1S/C19H20/c1-12-5-9-16-11-18-13(2)7-8-14(3)19(18)15(4)17(16)10-6-12/h5-10,12H,4,11H2,1-3H3. The summed E-state index contributed by atoms with van der Waals surface area (Å²) in [4.78, 5) is 0. The smallest absolute Gasteiger partial charge is 0.00108 e. The van der Waals surface area contributed by atoms with Gasteiger partial charge in [0.25, 0.3) is 0 Å². The molecule has 2 aliphatic rings. The van der Waals surface area contributed by atoms with E-state index >= 15 is 0 Å². The molecule has 3 rings (SSSR count). The molecule has 0 radical (unpaired) electrons. The molecule has 0 nitrogen and oxygen atoms in total. The second-order valence-electron chi connectivity index (χ2n) is 5.72. The molecule has 0 saturated heterocycles. The van der Waals surface area contributed by atoms with Crippen molar-refractivity contribution < 1.29 is 0 Å². The maximum atomic E-state index is 4.37. The van der Waals surface area contributed by atoms with Crippen LogP contribution in [0.5, 0.6) is 0 Å². The van der Waals surface area contributed by atoms with Crippen LogP contribution in [0.15, 0.2) is 54.2 Å². The van der Waals surface area contributed by atoms with Gasteiger partial charge in [0.1, 0.15) is 0 Å². The number of fused-ring (bicyclic) bond motifs is 1. The van der Waals surface area contributed by atoms with Crippen molar-refractivity contribution in [1.29, 1.82) is 0 Å². The summed E-state index contributed by atoms with van der Waals surface area (Å²) in [6.45, 7) is 11.0. The van der Waals surface area contributed by atoms with Crippen LogP contribution in [0.4, 0.5) is 0 Å². The van der Waals surface area contributed by atoms with Gasteiger partial charge in [-0.3, -0.25) is 0 Å². The number of hydrogen-bond donors (Lipinski definition) is 0. The van der Waals surface area contributed by atoms with E-state index in [1.807, 2.05) is 0 Å². The highest BCUT2D eigenvalue weighted by molar-refractivity contribution is 5.88. The van der Waals surface area contributed by atoms with Crippen LogP contribution in [0.1, 0.15) is 29.2 Å². The molecule has 96 valence electrons. The Bertz CT molecular complexity index is 651. The van der Waals surface area contributed by atoms with Gasteiger partial charge < -0.3 is 0 Å². The molecule has 0 amide bonds. The first-order chi connectivity index (χ1) is 9.08. The molecule has 1 unspecified atom stereocenters. The van der Waals surface area contributed by atoms with E-state index < -0.39 is 0 Å². The second-order valence-corrected chi connectivity index (χ2v) is 5.72. The van der Waals surface area contributed by atoms with Gasteiger partial charge in [-0.1, -0.05) is 49.9 Å². The van der Waals surface area contributed by atoms with E-state index in [-0.39, 0.29) is 0 Å². The van der Waals surface area contributed by atoms with E-state index in [1.54, 1.807) is 0 Å².